The minimum atomic E-state index is 0.0199. The standard InChI is InChI=1S/C19H30N4O3/c1-3-7-13(2)26-19-21-17(20)15-12-16(24)23(18(15)22-19)10-6-9-14-8-4-5-11-25-14/h13-14H,3-12H2,1-2H3,(H2,20,21,22)/t13-,14?/m0/s1. The molecule has 0 saturated carbocycles. The molecule has 1 amide bonds. The number of ether oxygens (including phenoxy) is 2. The molecule has 0 bridgehead atoms. The number of nitrogens with zero attached hydrogens (tertiary/aromatic N) is 3. The van der Waals surface area contributed by atoms with E-state index < -0.39 is 0 Å². The molecule has 1 unspecified atom stereocenters. The maximum absolute atomic E-state index is 12.4. The summed E-state index contributed by atoms with van der Waals surface area (Å²) in [6.07, 6.45) is 7.93. The van der Waals surface area contributed by atoms with Gasteiger partial charge in [-0.15, -0.1) is 0 Å². The van der Waals surface area contributed by atoms with E-state index in [1.807, 2.05) is 6.92 Å². The van der Waals surface area contributed by atoms with Gasteiger partial charge in [-0.25, -0.2) is 0 Å². The molecule has 2 aliphatic rings. The van der Waals surface area contributed by atoms with Crippen molar-refractivity contribution >= 4 is 17.5 Å². The molecule has 0 aliphatic carbocycles. The van der Waals surface area contributed by atoms with Gasteiger partial charge in [0.05, 0.1) is 18.6 Å². The van der Waals surface area contributed by atoms with Crippen LogP contribution in [0.4, 0.5) is 11.6 Å². The van der Waals surface area contributed by atoms with Crippen LogP contribution in [0.3, 0.4) is 0 Å². The van der Waals surface area contributed by atoms with Crippen LogP contribution in [-0.4, -0.2) is 41.2 Å². The predicted molar refractivity (Wildman–Crippen MR) is 100 cm³/mol. The van der Waals surface area contributed by atoms with E-state index in [-0.39, 0.29) is 24.4 Å². The number of fused-ring (bicyclic) bond motifs is 1. The van der Waals surface area contributed by atoms with Gasteiger partial charge in [-0.1, -0.05) is 13.3 Å². The number of hydrogen-bond donors (Lipinski definition) is 1. The molecule has 3 rings (SSSR count). The number of hydrogen-bond acceptors (Lipinski definition) is 6. The summed E-state index contributed by atoms with van der Waals surface area (Å²) in [6, 6.07) is 0.262. The zero-order valence-electron chi connectivity index (χ0n) is 15.9. The van der Waals surface area contributed by atoms with Crippen molar-refractivity contribution in [2.24, 2.45) is 0 Å². The largest absolute Gasteiger partial charge is 0.460 e. The van der Waals surface area contributed by atoms with Crippen molar-refractivity contribution in [3.05, 3.63) is 5.56 Å². The topological polar surface area (TPSA) is 90.6 Å². The third-order valence-electron chi connectivity index (χ3n) is 5.07. The second-order valence-corrected chi connectivity index (χ2v) is 7.26. The van der Waals surface area contributed by atoms with Crippen LogP contribution in [-0.2, 0) is 16.0 Å². The minimum absolute atomic E-state index is 0.0199. The quantitative estimate of drug-likeness (QED) is 0.765. The number of amides is 1. The summed E-state index contributed by atoms with van der Waals surface area (Å²) in [6.45, 7) is 5.58. The molecule has 2 N–H and O–H groups in total. The second kappa shape index (κ2) is 8.66. The summed E-state index contributed by atoms with van der Waals surface area (Å²) >= 11 is 0. The molecule has 2 atom stereocenters. The van der Waals surface area contributed by atoms with Crippen molar-refractivity contribution in [2.45, 2.75) is 77.4 Å². The van der Waals surface area contributed by atoms with Crippen LogP contribution in [0.25, 0.3) is 0 Å². The predicted octanol–water partition coefficient (Wildman–Crippen LogP) is 2.86. The summed E-state index contributed by atoms with van der Waals surface area (Å²) in [7, 11) is 0. The zero-order valence-corrected chi connectivity index (χ0v) is 15.9. The highest BCUT2D eigenvalue weighted by Gasteiger charge is 2.32. The number of aromatic nitrogens is 2. The van der Waals surface area contributed by atoms with E-state index in [9.17, 15) is 4.79 Å². The number of anilines is 2. The van der Waals surface area contributed by atoms with Gasteiger partial charge in [0.1, 0.15) is 11.6 Å². The van der Waals surface area contributed by atoms with Crippen molar-refractivity contribution in [3.8, 4) is 6.01 Å². The van der Waals surface area contributed by atoms with Gasteiger partial charge in [0.25, 0.3) is 0 Å². The molecular weight excluding hydrogens is 332 g/mol. The first-order valence-electron chi connectivity index (χ1n) is 9.83. The molecule has 7 heteroatoms. The average molecular weight is 362 g/mol. The van der Waals surface area contributed by atoms with E-state index in [4.69, 9.17) is 15.2 Å². The van der Waals surface area contributed by atoms with Gasteiger partial charge in [0.2, 0.25) is 5.91 Å². The molecule has 1 aromatic heterocycles. The molecular formula is C19H30N4O3. The Morgan fingerprint density at radius 3 is 2.96 bits per heavy atom. The van der Waals surface area contributed by atoms with Crippen molar-refractivity contribution in [2.75, 3.05) is 23.8 Å². The summed E-state index contributed by atoms with van der Waals surface area (Å²) in [5, 5.41) is 0. The molecule has 0 aromatic carbocycles. The average Bonchev–Trinajstić information content (AvgIpc) is 2.93. The molecule has 2 aliphatic heterocycles. The van der Waals surface area contributed by atoms with E-state index in [1.54, 1.807) is 4.90 Å². The summed E-state index contributed by atoms with van der Waals surface area (Å²) in [4.78, 5) is 22.9. The first-order valence-corrected chi connectivity index (χ1v) is 9.83. The summed E-state index contributed by atoms with van der Waals surface area (Å²) < 4.78 is 11.6. The van der Waals surface area contributed by atoms with E-state index >= 15 is 0 Å². The second-order valence-electron chi connectivity index (χ2n) is 7.26. The summed E-state index contributed by atoms with van der Waals surface area (Å²) in [5.41, 5.74) is 6.78. The van der Waals surface area contributed by atoms with Gasteiger partial charge >= 0.3 is 6.01 Å². The summed E-state index contributed by atoms with van der Waals surface area (Å²) in [5.74, 6) is 0.996. The van der Waals surface area contributed by atoms with Crippen molar-refractivity contribution < 1.29 is 14.3 Å². The van der Waals surface area contributed by atoms with Gasteiger partial charge in [-0.2, -0.15) is 9.97 Å². The number of carbonyl (C=O) groups excluding carboxylic acids is 1. The van der Waals surface area contributed by atoms with E-state index in [0.717, 1.165) is 50.7 Å². The smallest absolute Gasteiger partial charge is 0.320 e. The van der Waals surface area contributed by atoms with Crippen molar-refractivity contribution in [3.63, 3.8) is 0 Å². The fraction of sp³-hybridized carbons (Fsp3) is 0.737. The third kappa shape index (κ3) is 4.44. The highest BCUT2D eigenvalue weighted by atomic mass is 16.5. The highest BCUT2D eigenvalue weighted by Crippen LogP contribution is 2.32. The Balaban J connectivity index is 1.65. The number of nitrogens with two attached hydrogens (primary N) is 1. The normalized spacial score (nSPS) is 20.9. The lowest BCUT2D eigenvalue weighted by molar-refractivity contribution is -0.117. The minimum Gasteiger partial charge on any atom is -0.460 e. The van der Waals surface area contributed by atoms with E-state index in [0.29, 0.717) is 24.3 Å². The molecule has 1 fully saturated rings. The van der Waals surface area contributed by atoms with Gasteiger partial charge < -0.3 is 15.2 Å². The molecule has 144 valence electrons. The van der Waals surface area contributed by atoms with Crippen LogP contribution < -0.4 is 15.4 Å². The Morgan fingerprint density at radius 2 is 2.23 bits per heavy atom. The van der Waals surface area contributed by atoms with Gasteiger partial charge in [-0.3, -0.25) is 9.69 Å². The van der Waals surface area contributed by atoms with Gasteiger partial charge in [-0.05, 0) is 45.4 Å². The molecule has 0 spiro atoms. The fourth-order valence-corrected chi connectivity index (χ4v) is 3.67. The van der Waals surface area contributed by atoms with Crippen LogP contribution in [0.15, 0.2) is 0 Å². The molecule has 0 radical (unpaired) electrons. The SMILES string of the molecule is CCC[C@H](C)Oc1nc(N)c2c(n1)N(CCCC1CCCCO1)C(=O)C2. The van der Waals surface area contributed by atoms with Gasteiger partial charge in [0, 0.05) is 18.7 Å². The number of rotatable bonds is 8. The first-order chi connectivity index (χ1) is 12.6. The fourth-order valence-electron chi connectivity index (χ4n) is 3.67. The first kappa shape index (κ1) is 18.9. The molecule has 26 heavy (non-hydrogen) atoms. The Morgan fingerprint density at radius 1 is 1.38 bits per heavy atom. The number of carbonyl (C=O) groups is 1. The zero-order chi connectivity index (χ0) is 18.5. The number of nitrogen functional groups attached to an aromatic ring is 1. The molecule has 1 saturated heterocycles. The molecule has 1 aromatic rings. The van der Waals surface area contributed by atoms with Crippen LogP contribution in [0.2, 0.25) is 0 Å². The van der Waals surface area contributed by atoms with Crippen molar-refractivity contribution in [1.29, 1.82) is 0 Å². The maximum Gasteiger partial charge on any atom is 0.320 e. The Kier molecular flexibility index (Phi) is 6.29. The van der Waals surface area contributed by atoms with E-state index in [2.05, 4.69) is 16.9 Å². The monoisotopic (exact) mass is 362 g/mol. The maximum atomic E-state index is 12.4. The van der Waals surface area contributed by atoms with Crippen LogP contribution in [0, 0.1) is 0 Å². The lowest BCUT2D eigenvalue weighted by atomic mass is 10.0. The van der Waals surface area contributed by atoms with Crippen LogP contribution >= 0.6 is 0 Å². The Bertz CT molecular complexity index is 631. The third-order valence-corrected chi connectivity index (χ3v) is 5.07. The Labute approximate surface area is 155 Å². The lowest BCUT2D eigenvalue weighted by Gasteiger charge is -2.24. The van der Waals surface area contributed by atoms with Crippen molar-refractivity contribution in [1.82, 2.24) is 9.97 Å². The lowest BCUT2D eigenvalue weighted by Crippen LogP contribution is -2.30. The van der Waals surface area contributed by atoms with Gasteiger partial charge in [0.15, 0.2) is 0 Å². The van der Waals surface area contributed by atoms with Crippen LogP contribution in [0.5, 0.6) is 6.01 Å². The van der Waals surface area contributed by atoms with E-state index in [1.165, 1.54) is 6.42 Å². The highest BCUT2D eigenvalue weighted by molar-refractivity contribution is 6.01. The molecule has 7 nitrogen and oxygen atoms in total. The Hall–Kier alpha value is -1.89. The molecule has 3 heterocycles. The van der Waals surface area contributed by atoms with Crippen LogP contribution in [0.1, 0.15) is 64.4 Å².